The summed E-state index contributed by atoms with van der Waals surface area (Å²) in [7, 11) is 0. The maximum atomic E-state index is 11.8. The van der Waals surface area contributed by atoms with E-state index in [9.17, 15) is 4.79 Å². The first-order chi connectivity index (χ1) is 8.28. The largest absolute Gasteiger partial charge is 0.396 e. The molecule has 2 rings (SSSR count). The highest BCUT2D eigenvalue weighted by atomic mass is 16.3. The smallest absolute Gasteiger partial charge is 0.234 e. The van der Waals surface area contributed by atoms with Gasteiger partial charge in [0, 0.05) is 19.2 Å². The van der Waals surface area contributed by atoms with Crippen LogP contribution in [0.4, 0.5) is 0 Å². The zero-order valence-corrected chi connectivity index (χ0v) is 10.5. The summed E-state index contributed by atoms with van der Waals surface area (Å²) in [5.41, 5.74) is 0. The Labute approximate surface area is 103 Å². The highest BCUT2D eigenvalue weighted by Crippen LogP contribution is 2.18. The second-order valence-electron chi connectivity index (χ2n) is 5.47. The molecule has 1 aliphatic heterocycles. The van der Waals surface area contributed by atoms with Crippen LogP contribution in [0, 0.1) is 5.92 Å². The van der Waals surface area contributed by atoms with Crippen LogP contribution in [0.3, 0.4) is 0 Å². The van der Waals surface area contributed by atoms with Gasteiger partial charge in [0.25, 0.3) is 0 Å². The third kappa shape index (κ3) is 3.96. The summed E-state index contributed by atoms with van der Waals surface area (Å²) in [5, 5.41) is 12.3. The van der Waals surface area contributed by atoms with Crippen molar-refractivity contribution in [3.05, 3.63) is 0 Å². The number of likely N-dealkylation sites (tertiary alicyclic amines) is 1. The SMILES string of the molecule is O=C(CN1CCC[C@H](CO)C1)NC1CCCC1. The van der Waals surface area contributed by atoms with E-state index in [1.165, 1.54) is 12.8 Å². The number of rotatable bonds is 4. The molecule has 1 saturated heterocycles. The second kappa shape index (κ2) is 6.36. The molecule has 0 aromatic rings. The lowest BCUT2D eigenvalue weighted by Crippen LogP contribution is -2.45. The van der Waals surface area contributed by atoms with Crippen LogP contribution in [0.15, 0.2) is 0 Å². The van der Waals surface area contributed by atoms with Crippen LogP contribution >= 0.6 is 0 Å². The Kier molecular flexibility index (Phi) is 4.80. The number of nitrogens with zero attached hydrogens (tertiary/aromatic N) is 1. The van der Waals surface area contributed by atoms with E-state index in [0.29, 0.717) is 18.5 Å². The summed E-state index contributed by atoms with van der Waals surface area (Å²) in [6.45, 7) is 2.62. The molecule has 1 aliphatic carbocycles. The molecule has 0 bridgehead atoms. The monoisotopic (exact) mass is 240 g/mol. The van der Waals surface area contributed by atoms with Crippen LogP contribution in [-0.2, 0) is 4.79 Å². The first-order valence-corrected chi connectivity index (χ1v) is 6.90. The summed E-state index contributed by atoms with van der Waals surface area (Å²) in [6.07, 6.45) is 6.98. The summed E-state index contributed by atoms with van der Waals surface area (Å²) in [4.78, 5) is 14.0. The van der Waals surface area contributed by atoms with E-state index in [1.54, 1.807) is 0 Å². The van der Waals surface area contributed by atoms with Crippen LogP contribution in [-0.4, -0.2) is 48.2 Å². The average Bonchev–Trinajstić information content (AvgIpc) is 2.82. The van der Waals surface area contributed by atoms with Crippen molar-refractivity contribution in [3.63, 3.8) is 0 Å². The molecule has 17 heavy (non-hydrogen) atoms. The van der Waals surface area contributed by atoms with Gasteiger partial charge in [0.05, 0.1) is 6.54 Å². The van der Waals surface area contributed by atoms with E-state index in [4.69, 9.17) is 5.11 Å². The topological polar surface area (TPSA) is 52.6 Å². The van der Waals surface area contributed by atoms with Gasteiger partial charge >= 0.3 is 0 Å². The Morgan fingerprint density at radius 3 is 2.71 bits per heavy atom. The van der Waals surface area contributed by atoms with Gasteiger partial charge in [0.2, 0.25) is 5.91 Å². The Hall–Kier alpha value is -0.610. The lowest BCUT2D eigenvalue weighted by Gasteiger charge is -2.31. The molecule has 2 N–H and O–H groups in total. The van der Waals surface area contributed by atoms with Crippen LogP contribution in [0.2, 0.25) is 0 Å². The van der Waals surface area contributed by atoms with Crippen molar-refractivity contribution in [1.29, 1.82) is 0 Å². The van der Waals surface area contributed by atoms with E-state index in [1.807, 2.05) is 0 Å². The van der Waals surface area contributed by atoms with E-state index in [-0.39, 0.29) is 12.5 Å². The van der Waals surface area contributed by atoms with Gasteiger partial charge in [-0.05, 0) is 38.1 Å². The number of hydrogen-bond acceptors (Lipinski definition) is 3. The van der Waals surface area contributed by atoms with E-state index in [0.717, 1.165) is 38.8 Å². The fraction of sp³-hybridized carbons (Fsp3) is 0.923. The molecular weight excluding hydrogens is 216 g/mol. The van der Waals surface area contributed by atoms with Gasteiger partial charge in [-0.2, -0.15) is 0 Å². The van der Waals surface area contributed by atoms with Crippen LogP contribution in [0.25, 0.3) is 0 Å². The molecule has 0 radical (unpaired) electrons. The lowest BCUT2D eigenvalue weighted by molar-refractivity contribution is -0.123. The van der Waals surface area contributed by atoms with E-state index < -0.39 is 0 Å². The Morgan fingerprint density at radius 2 is 2.00 bits per heavy atom. The Morgan fingerprint density at radius 1 is 1.24 bits per heavy atom. The summed E-state index contributed by atoms with van der Waals surface area (Å²) in [5.74, 6) is 0.526. The number of aliphatic hydroxyl groups excluding tert-OH is 1. The maximum Gasteiger partial charge on any atom is 0.234 e. The van der Waals surface area contributed by atoms with Crippen molar-refractivity contribution in [2.75, 3.05) is 26.2 Å². The van der Waals surface area contributed by atoms with Gasteiger partial charge in [-0.15, -0.1) is 0 Å². The van der Waals surface area contributed by atoms with Crippen molar-refractivity contribution in [1.82, 2.24) is 10.2 Å². The van der Waals surface area contributed by atoms with E-state index >= 15 is 0 Å². The first kappa shape index (κ1) is 12.8. The number of carbonyl (C=O) groups is 1. The molecule has 4 heteroatoms. The molecule has 2 fully saturated rings. The van der Waals surface area contributed by atoms with Gasteiger partial charge < -0.3 is 10.4 Å². The zero-order chi connectivity index (χ0) is 12.1. The number of nitrogens with one attached hydrogen (secondary N) is 1. The maximum absolute atomic E-state index is 11.8. The van der Waals surface area contributed by atoms with Crippen molar-refractivity contribution < 1.29 is 9.90 Å². The van der Waals surface area contributed by atoms with Crippen LogP contribution in [0.1, 0.15) is 38.5 Å². The Balaban J connectivity index is 1.70. The van der Waals surface area contributed by atoms with Crippen molar-refractivity contribution in [3.8, 4) is 0 Å². The van der Waals surface area contributed by atoms with Crippen molar-refractivity contribution in [2.24, 2.45) is 5.92 Å². The molecule has 1 saturated carbocycles. The molecule has 1 amide bonds. The predicted molar refractivity (Wildman–Crippen MR) is 66.6 cm³/mol. The number of aliphatic hydroxyl groups is 1. The molecule has 4 nitrogen and oxygen atoms in total. The van der Waals surface area contributed by atoms with Gasteiger partial charge in [-0.1, -0.05) is 12.8 Å². The average molecular weight is 240 g/mol. The number of carbonyl (C=O) groups excluding carboxylic acids is 1. The summed E-state index contributed by atoms with van der Waals surface area (Å²) >= 11 is 0. The zero-order valence-electron chi connectivity index (χ0n) is 10.5. The molecule has 0 aromatic heterocycles. The van der Waals surface area contributed by atoms with Crippen LogP contribution in [0.5, 0.6) is 0 Å². The van der Waals surface area contributed by atoms with Gasteiger partial charge in [0.1, 0.15) is 0 Å². The molecule has 1 atom stereocenters. The second-order valence-corrected chi connectivity index (χ2v) is 5.47. The predicted octanol–water partition coefficient (Wildman–Crippen LogP) is 0.749. The molecule has 2 aliphatic rings. The molecule has 1 heterocycles. The van der Waals surface area contributed by atoms with Gasteiger partial charge in [-0.25, -0.2) is 0 Å². The standard InChI is InChI=1S/C13H24N2O2/c16-10-11-4-3-7-15(8-11)9-13(17)14-12-5-1-2-6-12/h11-12,16H,1-10H2,(H,14,17)/t11-/m0/s1. The normalized spacial score (nSPS) is 27.2. The lowest BCUT2D eigenvalue weighted by atomic mass is 9.99. The number of piperidine rings is 1. The molecule has 0 aromatic carbocycles. The Bertz CT molecular complexity index is 252. The fourth-order valence-electron chi connectivity index (χ4n) is 2.99. The molecule has 0 spiro atoms. The quantitative estimate of drug-likeness (QED) is 0.762. The van der Waals surface area contributed by atoms with Crippen LogP contribution < -0.4 is 5.32 Å². The third-order valence-electron chi connectivity index (χ3n) is 3.95. The molecule has 0 unspecified atom stereocenters. The fourth-order valence-corrected chi connectivity index (χ4v) is 2.99. The van der Waals surface area contributed by atoms with E-state index in [2.05, 4.69) is 10.2 Å². The molecule has 98 valence electrons. The van der Waals surface area contributed by atoms with Gasteiger partial charge in [0.15, 0.2) is 0 Å². The first-order valence-electron chi connectivity index (χ1n) is 6.90. The number of amides is 1. The number of hydrogen-bond donors (Lipinski definition) is 2. The summed E-state index contributed by atoms with van der Waals surface area (Å²) < 4.78 is 0. The highest BCUT2D eigenvalue weighted by molar-refractivity contribution is 5.78. The van der Waals surface area contributed by atoms with Gasteiger partial charge in [-0.3, -0.25) is 9.69 Å². The minimum Gasteiger partial charge on any atom is -0.396 e. The minimum absolute atomic E-state index is 0.162. The molecular formula is C13H24N2O2. The van der Waals surface area contributed by atoms with Crippen molar-refractivity contribution in [2.45, 2.75) is 44.6 Å². The minimum atomic E-state index is 0.162. The van der Waals surface area contributed by atoms with Crippen molar-refractivity contribution >= 4 is 5.91 Å². The third-order valence-corrected chi connectivity index (χ3v) is 3.95. The summed E-state index contributed by atoms with van der Waals surface area (Å²) in [6, 6.07) is 0.418. The highest BCUT2D eigenvalue weighted by Gasteiger charge is 2.22.